The monoisotopic (exact) mass is 200 g/mol. The normalized spacial score (nSPS) is 23.1. The lowest BCUT2D eigenvalue weighted by molar-refractivity contribution is -0.156. The number of carbonyl (C=O) groups excluding carboxylic acids is 1. The Balaban J connectivity index is 2.55. The molecule has 1 aliphatic rings. The van der Waals surface area contributed by atoms with Crippen LogP contribution in [0.2, 0.25) is 0 Å². The molecule has 0 aromatic rings. The van der Waals surface area contributed by atoms with E-state index in [-0.39, 0.29) is 6.04 Å². The SMILES string of the molecule is CN1CCCC(N(C)C(=O)C(=O)O)C1. The summed E-state index contributed by atoms with van der Waals surface area (Å²) < 4.78 is 0. The Bertz CT molecular complexity index is 242. The summed E-state index contributed by atoms with van der Waals surface area (Å²) in [6.07, 6.45) is 1.90. The van der Waals surface area contributed by atoms with Crippen LogP contribution in [0, 0.1) is 0 Å². The molecular formula is C9H16N2O3. The maximum absolute atomic E-state index is 11.2. The first-order valence-corrected chi connectivity index (χ1v) is 4.71. The molecule has 1 atom stereocenters. The van der Waals surface area contributed by atoms with Gasteiger partial charge in [-0.15, -0.1) is 0 Å². The van der Waals surface area contributed by atoms with Crippen molar-refractivity contribution in [1.29, 1.82) is 0 Å². The number of carboxylic acid groups (broad SMARTS) is 1. The summed E-state index contributed by atoms with van der Waals surface area (Å²) in [4.78, 5) is 25.1. The van der Waals surface area contributed by atoms with E-state index in [1.54, 1.807) is 7.05 Å². The summed E-state index contributed by atoms with van der Waals surface area (Å²) in [5, 5.41) is 8.54. The molecule has 1 saturated heterocycles. The van der Waals surface area contributed by atoms with E-state index in [1.807, 2.05) is 7.05 Å². The first kappa shape index (κ1) is 11.0. The van der Waals surface area contributed by atoms with Crippen LogP contribution in [0.3, 0.4) is 0 Å². The Kier molecular flexibility index (Phi) is 3.46. The third-order valence-electron chi connectivity index (χ3n) is 2.65. The van der Waals surface area contributed by atoms with Crippen molar-refractivity contribution in [2.45, 2.75) is 18.9 Å². The Labute approximate surface area is 83.3 Å². The fraction of sp³-hybridized carbons (Fsp3) is 0.778. The van der Waals surface area contributed by atoms with Crippen molar-refractivity contribution in [1.82, 2.24) is 9.80 Å². The summed E-state index contributed by atoms with van der Waals surface area (Å²) in [6.45, 7) is 1.78. The van der Waals surface area contributed by atoms with Gasteiger partial charge in [0, 0.05) is 19.6 Å². The first-order chi connectivity index (χ1) is 6.52. The van der Waals surface area contributed by atoms with E-state index in [9.17, 15) is 9.59 Å². The molecular weight excluding hydrogens is 184 g/mol. The highest BCUT2D eigenvalue weighted by Gasteiger charge is 2.27. The molecule has 1 aliphatic heterocycles. The second-order valence-electron chi connectivity index (χ2n) is 3.78. The average Bonchev–Trinajstić information content (AvgIpc) is 2.15. The predicted molar refractivity (Wildman–Crippen MR) is 50.9 cm³/mol. The van der Waals surface area contributed by atoms with E-state index in [2.05, 4.69) is 4.90 Å². The molecule has 0 spiro atoms. The van der Waals surface area contributed by atoms with Gasteiger partial charge in [0.05, 0.1) is 0 Å². The smallest absolute Gasteiger partial charge is 0.394 e. The van der Waals surface area contributed by atoms with E-state index >= 15 is 0 Å². The summed E-state index contributed by atoms with van der Waals surface area (Å²) in [5.74, 6) is -2.19. The molecule has 0 aromatic carbocycles. The van der Waals surface area contributed by atoms with E-state index in [4.69, 9.17) is 5.11 Å². The van der Waals surface area contributed by atoms with Crippen LogP contribution in [0.15, 0.2) is 0 Å². The van der Waals surface area contributed by atoms with Gasteiger partial charge in [-0.3, -0.25) is 4.79 Å². The van der Waals surface area contributed by atoms with Crippen molar-refractivity contribution in [3.8, 4) is 0 Å². The predicted octanol–water partition coefficient (Wildman–Crippen LogP) is -0.376. The lowest BCUT2D eigenvalue weighted by Gasteiger charge is -2.34. The van der Waals surface area contributed by atoms with Crippen molar-refractivity contribution in [3.05, 3.63) is 0 Å². The van der Waals surface area contributed by atoms with Crippen LogP contribution < -0.4 is 0 Å². The van der Waals surface area contributed by atoms with E-state index in [1.165, 1.54) is 4.90 Å². The van der Waals surface area contributed by atoms with Crippen molar-refractivity contribution >= 4 is 11.9 Å². The maximum Gasteiger partial charge on any atom is 0.394 e. The molecule has 0 saturated carbocycles. The number of amides is 1. The van der Waals surface area contributed by atoms with Crippen molar-refractivity contribution in [2.75, 3.05) is 27.2 Å². The van der Waals surface area contributed by atoms with Gasteiger partial charge in [0.2, 0.25) is 0 Å². The van der Waals surface area contributed by atoms with Gasteiger partial charge in [-0.1, -0.05) is 0 Å². The van der Waals surface area contributed by atoms with Crippen LogP contribution >= 0.6 is 0 Å². The van der Waals surface area contributed by atoms with E-state index in [0.29, 0.717) is 0 Å². The molecule has 1 N–H and O–H groups in total. The van der Waals surface area contributed by atoms with Crippen LogP contribution in [0.25, 0.3) is 0 Å². The number of hydrogen-bond acceptors (Lipinski definition) is 3. The largest absolute Gasteiger partial charge is 0.474 e. The summed E-state index contributed by atoms with van der Waals surface area (Å²) >= 11 is 0. The number of nitrogens with zero attached hydrogens (tertiary/aromatic N) is 2. The molecule has 1 heterocycles. The molecule has 1 fully saturated rings. The number of rotatable bonds is 1. The average molecular weight is 200 g/mol. The number of carboxylic acids is 1. The minimum Gasteiger partial charge on any atom is -0.474 e. The highest BCUT2D eigenvalue weighted by Crippen LogP contribution is 2.13. The first-order valence-electron chi connectivity index (χ1n) is 4.71. The standard InChI is InChI=1S/C9H16N2O3/c1-10-5-3-4-7(6-10)11(2)8(12)9(13)14/h7H,3-6H2,1-2H3,(H,13,14). The number of likely N-dealkylation sites (N-methyl/N-ethyl adjacent to an activating group) is 2. The molecule has 0 radical (unpaired) electrons. The van der Waals surface area contributed by atoms with Gasteiger partial charge in [-0.25, -0.2) is 4.79 Å². The van der Waals surface area contributed by atoms with Crippen LogP contribution in [-0.4, -0.2) is 60.0 Å². The summed E-state index contributed by atoms with van der Waals surface area (Å²) in [5.41, 5.74) is 0. The van der Waals surface area contributed by atoms with Crippen LogP contribution in [-0.2, 0) is 9.59 Å². The molecule has 0 aliphatic carbocycles. The number of hydrogen-bond donors (Lipinski definition) is 1. The van der Waals surface area contributed by atoms with Gasteiger partial charge in [0.15, 0.2) is 0 Å². The topological polar surface area (TPSA) is 60.9 Å². The van der Waals surface area contributed by atoms with Gasteiger partial charge < -0.3 is 14.9 Å². The number of piperidine rings is 1. The number of likely N-dealkylation sites (tertiary alicyclic amines) is 1. The Morgan fingerprint density at radius 2 is 2.14 bits per heavy atom. The second kappa shape index (κ2) is 4.41. The zero-order valence-electron chi connectivity index (χ0n) is 8.56. The van der Waals surface area contributed by atoms with E-state index < -0.39 is 11.9 Å². The zero-order chi connectivity index (χ0) is 10.7. The number of carbonyl (C=O) groups is 2. The van der Waals surface area contributed by atoms with Gasteiger partial charge in [0.1, 0.15) is 0 Å². The van der Waals surface area contributed by atoms with Crippen molar-refractivity contribution in [2.24, 2.45) is 0 Å². The van der Waals surface area contributed by atoms with Crippen LogP contribution in [0.1, 0.15) is 12.8 Å². The van der Waals surface area contributed by atoms with Gasteiger partial charge >= 0.3 is 11.9 Å². The molecule has 5 nitrogen and oxygen atoms in total. The quantitative estimate of drug-likeness (QED) is 0.586. The highest BCUT2D eigenvalue weighted by atomic mass is 16.4. The molecule has 14 heavy (non-hydrogen) atoms. The highest BCUT2D eigenvalue weighted by molar-refractivity contribution is 6.31. The molecule has 0 bridgehead atoms. The second-order valence-corrected chi connectivity index (χ2v) is 3.78. The van der Waals surface area contributed by atoms with Crippen molar-refractivity contribution in [3.63, 3.8) is 0 Å². The third kappa shape index (κ3) is 2.45. The summed E-state index contributed by atoms with van der Waals surface area (Å²) in [7, 11) is 3.53. The van der Waals surface area contributed by atoms with Crippen LogP contribution in [0.4, 0.5) is 0 Å². The minimum atomic E-state index is -1.37. The van der Waals surface area contributed by atoms with Gasteiger partial charge in [-0.2, -0.15) is 0 Å². The van der Waals surface area contributed by atoms with Crippen molar-refractivity contribution < 1.29 is 14.7 Å². The molecule has 1 rings (SSSR count). The minimum absolute atomic E-state index is 0.0392. The molecule has 0 aromatic heterocycles. The zero-order valence-corrected chi connectivity index (χ0v) is 8.56. The van der Waals surface area contributed by atoms with Gasteiger partial charge in [-0.05, 0) is 26.4 Å². The molecule has 1 unspecified atom stereocenters. The number of aliphatic carboxylic acids is 1. The lowest BCUT2D eigenvalue weighted by Crippen LogP contribution is -2.49. The molecule has 80 valence electrons. The fourth-order valence-corrected chi connectivity index (χ4v) is 1.77. The Morgan fingerprint density at radius 1 is 1.50 bits per heavy atom. The Morgan fingerprint density at radius 3 is 2.64 bits per heavy atom. The maximum atomic E-state index is 11.2. The molecule has 5 heteroatoms. The van der Waals surface area contributed by atoms with E-state index in [0.717, 1.165) is 25.9 Å². The third-order valence-corrected chi connectivity index (χ3v) is 2.65. The lowest BCUT2D eigenvalue weighted by atomic mass is 10.1. The van der Waals surface area contributed by atoms with Gasteiger partial charge in [0.25, 0.3) is 0 Å². The Hall–Kier alpha value is -1.10. The summed E-state index contributed by atoms with van der Waals surface area (Å²) in [6, 6.07) is 0.0392. The fourth-order valence-electron chi connectivity index (χ4n) is 1.77. The molecule has 1 amide bonds. The van der Waals surface area contributed by atoms with Crippen LogP contribution in [0.5, 0.6) is 0 Å².